The maximum atomic E-state index is 5.76. The second kappa shape index (κ2) is 9.50. The highest BCUT2D eigenvalue weighted by Crippen LogP contribution is 2.40. The van der Waals surface area contributed by atoms with Crippen molar-refractivity contribution in [1.82, 2.24) is 20.4 Å². The molecule has 1 N–H and O–H groups in total. The topological polar surface area (TPSA) is 81.9 Å². The van der Waals surface area contributed by atoms with Crippen molar-refractivity contribution in [2.75, 3.05) is 27.9 Å². The Bertz CT molecular complexity index is 1210. The molecule has 33 heavy (non-hydrogen) atoms. The number of hydrogen-bond donors (Lipinski definition) is 1. The summed E-state index contributed by atoms with van der Waals surface area (Å²) in [6.07, 6.45) is 0. The number of hydrogen-bond acceptors (Lipinski definition) is 7. The third kappa shape index (κ3) is 4.23. The van der Waals surface area contributed by atoms with E-state index in [1.165, 1.54) is 0 Å². The van der Waals surface area contributed by atoms with E-state index >= 15 is 0 Å². The summed E-state index contributed by atoms with van der Waals surface area (Å²) in [6, 6.07) is 13.0. The molecule has 0 spiro atoms. The monoisotopic (exact) mass is 466 g/mol. The van der Waals surface area contributed by atoms with E-state index < -0.39 is 0 Å². The lowest BCUT2D eigenvalue weighted by atomic mass is 9.94. The van der Waals surface area contributed by atoms with Gasteiger partial charge in [0.1, 0.15) is 5.75 Å². The van der Waals surface area contributed by atoms with Crippen molar-refractivity contribution in [3.05, 3.63) is 59.6 Å². The smallest absolute Gasteiger partial charge is 0.258 e. The van der Waals surface area contributed by atoms with E-state index in [0.717, 1.165) is 28.1 Å². The van der Waals surface area contributed by atoms with Crippen LogP contribution >= 0.6 is 12.2 Å². The molecule has 1 unspecified atom stereocenters. The Hall–Kier alpha value is -3.59. The van der Waals surface area contributed by atoms with Gasteiger partial charge >= 0.3 is 0 Å². The Morgan fingerprint density at radius 3 is 2.55 bits per heavy atom. The van der Waals surface area contributed by atoms with Gasteiger partial charge in [-0.05, 0) is 55.9 Å². The molecule has 2 heterocycles. The fraction of sp³-hybridized carbons (Fsp3) is 0.292. The van der Waals surface area contributed by atoms with E-state index in [9.17, 15) is 0 Å². The normalized spacial score (nSPS) is 16.0. The number of nitrogens with zero attached hydrogens (tertiary/aromatic N) is 3. The molecular weight excluding hydrogens is 440 g/mol. The molecule has 3 aromatic rings. The molecule has 1 aromatic heterocycles. The minimum absolute atomic E-state index is 0.307. The maximum Gasteiger partial charge on any atom is 0.258 e. The molecule has 0 aliphatic carbocycles. The Balaban J connectivity index is 1.81. The van der Waals surface area contributed by atoms with Gasteiger partial charge < -0.3 is 29.0 Å². The standard InChI is InChI=1S/C24H26N4O4S/c1-6-28-14(2)20(23-26-22(27-32-23)16-8-7-9-17(12-16)29-3)21(25-24(28)33)15-10-11-18(30-4)19(13-15)31-5/h7-13,21H,6H2,1-5H3,(H,25,33). The molecule has 9 heteroatoms. The minimum atomic E-state index is -0.307. The van der Waals surface area contributed by atoms with Crippen molar-refractivity contribution >= 4 is 22.9 Å². The lowest BCUT2D eigenvalue weighted by Gasteiger charge is -2.36. The summed E-state index contributed by atoms with van der Waals surface area (Å²) in [5.41, 5.74) is 3.53. The molecule has 172 valence electrons. The molecule has 0 fully saturated rings. The van der Waals surface area contributed by atoms with Crippen molar-refractivity contribution in [3.63, 3.8) is 0 Å². The zero-order valence-electron chi connectivity index (χ0n) is 19.2. The van der Waals surface area contributed by atoms with Crippen LogP contribution in [0.2, 0.25) is 0 Å². The fourth-order valence-electron chi connectivity index (χ4n) is 3.93. The van der Waals surface area contributed by atoms with Crippen LogP contribution in [0.25, 0.3) is 17.0 Å². The van der Waals surface area contributed by atoms with Crippen molar-refractivity contribution < 1.29 is 18.7 Å². The summed E-state index contributed by atoms with van der Waals surface area (Å²) >= 11 is 5.65. The van der Waals surface area contributed by atoms with E-state index in [1.54, 1.807) is 21.3 Å². The highest BCUT2D eigenvalue weighted by atomic mass is 32.1. The lowest BCUT2D eigenvalue weighted by molar-refractivity contribution is 0.354. The molecule has 0 saturated heterocycles. The molecule has 2 aromatic carbocycles. The first-order valence-corrected chi connectivity index (χ1v) is 10.9. The number of rotatable bonds is 7. The average Bonchev–Trinajstić information content (AvgIpc) is 3.33. The summed E-state index contributed by atoms with van der Waals surface area (Å²) in [7, 11) is 4.84. The molecule has 0 bridgehead atoms. The van der Waals surface area contributed by atoms with Gasteiger partial charge in [-0.2, -0.15) is 4.98 Å². The fourth-order valence-corrected chi connectivity index (χ4v) is 4.32. The van der Waals surface area contributed by atoms with Crippen LogP contribution in [-0.2, 0) is 0 Å². The molecule has 0 amide bonds. The second-order valence-corrected chi connectivity index (χ2v) is 7.78. The predicted molar refractivity (Wildman–Crippen MR) is 129 cm³/mol. The first kappa shape index (κ1) is 22.6. The summed E-state index contributed by atoms with van der Waals surface area (Å²) in [4.78, 5) is 6.73. The van der Waals surface area contributed by atoms with Gasteiger partial charge in [-0.1, -0.05) is 23.4 Å². The van der Waals surface area contributed by atoms with Gasteiger partial charge in [0.05, 0.1) is 32.9 Å². The number of thiocarbonyl (C=S) groups is 1. The SMILES string of the molecule is CCN1C(=S)NC(c2ccc(OC)c(OC)c2)C(c2nc(-c3cccc(OC)c3)no2)=C1C. The zero-order valence-corrected chi connectivity index (χ0v) is 20.0. The Kier molecular flexibility index (Phi) is 6.50. The van der Waals surface area contributed by atoms with Gasteiger partial charge in [0.25, 0.3) is 5.89 Å². The van der Waals surface area contributed by atoms with E-state index in [-0.39, 0.29) is 6.04 Å². The van der Waals surface area contributed by atoms with Crippen LogP contribution in [0.3, 0.4) is 0 Å². The first-order valence-electron chi connectivity index (χ1n) is 10.5. The van der Waals surface area contributed by atoms with Crippen LogP contribution < -0.4 is 19.5 Å². The van der Waals surface area contributed by atoms with Gasteiger partial charge in [0, 0.05) is 17.8 Å². The zero-order chi connectivity index (χ0) is 23.5. The summed E-state index contributed by atoms with van der Waals surface area (Å²) in [5, 5.41) is 8.29. The maximum absolute atomic E-state index is 5.76. The van der Waals surface area contributed by atoms with E-state index in [0.29, 0.717) is 34.9 Å². The highest BCUT2D eigenvalue weighted by Gasteiger charge is 2.34. The van der Waals surface area contributed by atoms with Crippen LogP contribution in [0.4, 0.5) is 0 Å². The van der Waals surface area contributed by atoms with Gasteiger partial charge in [-0.3, -0.25) is 0 Å². The van der Waals surface area contributed by atoms with Crippen molar-refractivity contribution in [3.8, 4) is 28.6 Å². The molecule has 1 aliphatic heterocycles. The van der Waals surface area contributed by atoms with Gasteiger partial charge in [-0.15, -0.1) is 0 Å². The van der Waals surface area contributed by atoms with Crippen LogP contribution in [0.1, 0.15) is 31.3 Å². The Labute approximate surface area is 198 Å². The number of nitrogens with one attached hydrogen (secondary N) is 1. The van der Waals surface area contributed by atoms with Crippen LogP contribution in [0, 0.1) is 0 Å². The molecule has 4 rings (SSSR count). The Morgan fingerprint density at radius 2 is 1.85 bits per heavy atom. The minimum Gasteiger partial charge on any atom is -0.497 e. The second-order valence-electron chi connectivity index (χ2n) is 7.40. The number of benzene rings is 2. The van der Waals surface area contributed by atoms with Gasteiger partial charge in [-0.25, -0.2) is 0 Å². The van der Waals surface area contributed by atoms with Crippen molar-refractivity contribution in [1.29, 1.82) is 0 Å². The third-order valence-electron chi connectivity index (χ3n) is 5.64. The molecule has 1 atom stereocenters. The molecule has 1 aliphatic rings. The van der Waals surface area contributed by atoms with E-state index in [2.05, 4.69) is 10.5 Å². The molecule has 0 radical (unpaired) electrons. The number of aromatic nitrogens is 2. The summed E-state index contributed by atoms with van der Waals surface area (Å²) in [6.45, 7) is 4.76. The first-order chi connectivity index (χ1) is 16.0. The van der Waals surface area contributed by atoms with Crippen LogP contribution in [-0.4, -0.2) is 48.0 Å². The number of allylic oxidation sites excluding steroid dienone is 1. The summed E-state index contributed by atoms with van der Waals surface area (Å²) < 4.78 is 22.0. The molecular formula is C24H26N4O4S. The van der Waals surface area contributed by atoms with Gasteiger partial charge in [0.2, 0.25) is 5.82 Å². The number of methoxy groups -OCH3 is 3. The third-order valence-corrected chi connectivity index (χ3v) is 5.98. The highest BCUT2D eigenvalue weighted by molar-refractivity contribution is 7.80. The van der Waals surface area contributed by atoms with Crippen LogP contribution in [0.15, 0.2) is 52.7 Å². The van der Waals surface area contributed by atoms with Crippen LogP contribution in [0.5, 0.6) is 17.2 Å². The van der Waals surface area contributed by atoms with Crippen molar-refractivity contribution in [2.45, 2.75) is 19.9 Å². The summed E-state index contributed by atoms with van der Waals surface area (Å²) in [5.74, 6) is 2.89. The largest absolute Gasteiger partial charge is 0.497 e. The van der Waals surface area contributed by atoms with E-state index in [4.69, 9.17) is 35.9 Å². The molecule has 0 saturated carbocycles. The average molecular weight is 467 g/mol. The predicted octanol–water partition coefficient (Wildman–Crippen LogP) is 4.44. The quantitative estimate of drug-likeness (QED) is 0.508. The number of ether oxygens (including phenoxy) is 3. The van der Waals surface area contributed by atoms with Gasteiger partial charge in [0.15, 0.2) is 16.6 Å². The van der Waals surface area contributed by atoms with Crippen molar-refractivity contribution in [2.24, 2.45) is 0 Å². The lowest BCUT2D eigenvalue weighted by Crippen LogP contribution is -2.45. The Morgan fingerprint density at radius 1 is 1.06 bits per heavy atom. The van der Waals surface area contributed by atoms with E-state index in [1.807, 2.05) is 61.2 Å². The molecule has 8 nitrogen and oxygen atoms in total.